The zero-order valence-corrected chi connectivity index (χ0v) is 21.2. The molecule has 0 radical (unpaired) electrons. The molecule has 0 N–H and O–H groups in total. The minimum atomic E-state index is -0.791. The van der Waals surface area contributed by atoms with Gasteiger partial charge in [0, 0.05) is 16.4 Å². The molecule has 3 amide bonds. The first-order valence-corrected chi connectivity index (χ1v) is 13.6. The highest BCUT2D eigenvalue weighted by Gasteiger charge is 2.45. The molecule has 1 unspecified atom stereocenters. The number of fused-ring (bicyclic) bond motifs is 1. The normalized spacial score (nSPS) is 18.6. The zero-order chi connectivity index (χ0) is 25.4. The lowest BCUT2D eigenvalue weighted by Crippen LogP contribution is -2.47. The van der Waals surface area contributed by atoms with Crippen molar-refractivity contribution in [1.29, 1.82) is 0 Å². The summed E-state index contributed by atoms with van der Waals surface area (Å²) < 4.78 is 5.84. The Hall–Kier alpha value is -3.78. The number of oxazole rings is 1. The van der Waals surface area contributed by atoms with Crippen molar-refractivity contribution in [2.45, 2.75) is 51.1 Å². The maximum absolute atomic E-state index is 13.6. The second-order valence-electron chi connectivity index (χ2n) is 9.70. The Bertz CT molecular complexity index is 1400. The fourth-order valence-electron chi connectivity index (χ4n) is 5.38. The molecule has 2 aliphatic rings. The number of anilines is 1. The maximum Gasteiger partial charge on any atom is 0.257 e. The summed E-state index contributed by atoms with van der Waals surface area (Å²) in [6, 6.07) is 17.7. The summed E-state index contributed by atoms with van der Waals surface area (Å²) in [5, 5.41) is 1.96. The van der Waals surface area contributed by atoms with E-state index in [1.807, 2.05) is 41.8 Å². The van der Waals surface area contributed by atoms with Gasteiger partial charge in [-0.25, -0.2) is 9.88 Å². The van der Waals surface area contributed by atoms with Gasteiger partial charge in [-0.2, -0.15) is 0 Å². The van der Waals surface area contributed by atoms with Gasteiger partial charge in [0.05, 0.1) is 18.7 Å². The molecule has 1 aliphatic carbocycles. The second kappa shape index (κ2) is 9.94. The van der Waals surface area contributed by atoms with Crippen LogP contribution in [0.25, 0.3) is 22.6 Å². The highest BCUT2D eigenvalue weighted by Crippen LogP contribution is 2.33. The molecule has 2 aromatic heterocycles. The van der Waals surface area contributed by atoms with E-state index >= 15 is 0 Å². The Balaban J connectivity index is 1.25. The minimum absolute atomic E-state index is 0.00442. The summed E-state index contributed by atoms with van der Waals surface area (Å²) in [4.78, 5) is 48.8. The first kappa shape index (κ1) is 23.6. The van der Waals surface area contributed by atoms with Gasteiger partial charge in [0.25, 0.3) is 5.91 Å². The van der Waals surface area contributed by atoms with Crippen molar-refractivity contribution in [2.75, 3.05) is 4.90 Å². The van der Waals surface area contributed by atoms with E-state index in [0.717, 1.165) is 48.1 Å². The molecule has 2 aromatic carbocycles. The van der Waals surface area contributed by atoms with Crippen LogP contribution in [0.4, 0.5) is 5.69 Å². The number of rotatable bonds is 6. The molecule has 3 heterocycles. The molecule has 188 valence electrons. The number of aromatic nitrogens is 1. The number of benzene rings is 2. The smallest absolute Gasteiger partial charge is 0.257 e. The van der Waals surface area contributed by atoms with Gasteiger partial charge >= 0.3 is 0 Å². The van der Waals surface area contributed by atoms with Crippen molar-refractivity contribution in [1.82, 2.24) is 9.88 Å². The van der Waals surface area contributed by atoms with Crippen LogP contribution in [0.15, 0.2) is 70.5 Å². The summed E-state index contributed by atoms with van der Waals surface area (Å²) in [5.41, 5.74) is 2.70. The summed E-state index contributed by atoms with van der Waals surface area (Å²) >= 11 is 1.56. The molecule has 1 aliphatic heterocycles. The maximum atomic E-state index is 13.6. The lowest BCUT2D eigenvalue weighted by atomic mass is 9.88. The third-order valence-corrected chi connectivity index (χ3v) is 8.17. The van der Waals surface area contributed by atoms with Gasteiger partial charge in [0.2, 0.25) is 17.7 Å². The predicted molar refractivity (Wildman–Crippen MR) is 142 cm³/mol. The van der Waals surface area contributed by atoms with Crippen LogP contribution in [-0.2, 0) is 20.9 Å². The van der Waals surface area contributed by atoms with Gasteiger partial charge < -0.3 is 9.32 Å². The van der Waals surface area contributed by atoms with Crippen LogP contribution in [0.2, 0.25) is 0 Å². The summed E-state index contributed by atoms with van der Waals surface area (Å²) in [5.74, 6) is -0.254. The van der Waals surface area contributed by atoms with Crippen LogP contribution in [-0.4, -0.2) is 33.6 Å². The number of carbonyl (C=O) groups excluding carboxylic acids is 3. The average molecular weight is 514 g/mol. The lowest BCUT2D eigenvalue weighted by Gasteiger charge is -2.32. The van der Waals surface area contributed by atoms with Crippen molar-refractivity contribution in [2.24, 2.45) is 5.92 Å². The number of nitrogens with zero attached hydrogens (tertiary/aromatic N) is 3. The molecule has 7 nitrogen and oxygen atoms in total. The molecule has 0 spiro atoms. The zero-order valence-electron chi connectivity index (χ0n) is 20.3. The summed E-state index contributed by atoms with van der Waals surface area (Å²) in [7, 11) is 0. The van der Waals surface area contributed by atoms with Crippen molar-refractivity contribution < 1.29 is 18.8 Å². The molecule has 6 rings (SSSR count). The number of para-hydroxylation sites is 2. The first-order chi connectivity index (χ1) is 18.1. The van der Waals surface area contributed by atoms with E-state index in [9.17, 15) is 14.4 Å². The Kier molecular flexibility index (Phi) is 6.34. The summed E-state index contributed by atoms with van der Waals surface area (Å²) in [6.07, 6.45) is 4.88. The van der Waals surface area contributed by atoms with Gasteiger partial charge in [-0.05, 0) is 60.7 Å². The molecule has 2 fully saturated rings. The molecule has 1 saturated heterocycles. The van der Waals surface area contributed by atoms with E-state index in [0.29, 0.717) is 23.7 Å². The highest BCUT2D eigenvalue weighted by atomic mass is 32.1. The Morgan fingerprint density at radius 2 is 1.78 bits per heavy atom. The molecule has 37 heavy (non-hydrogen) atoms. The molecule has 8 heteroatoms. The Morgan fingerprint density at radius 1 is 1.00 bits per heavy atom. The number of hydrogen-bond donors (Lipinski definition) is 0. The van der Waals surface area contributed by atoms with E-state index in [4.69, 9.17) is 4.42 Å². The fraction of sp³-hybridized carbons (Fsp3) is 0.310. The van der Waals surface area contributed by atoms with Crippen LogP contribution in [0.1, 0.15) is 43.4 Å². The number of thiophene rings is 1. The third-order valence-electron chi connectivity index (χ3n) is 7.31. The molecule has 1 saturated carbocycles. The highest BCUT2D eigenvalue weighted by molar-refractivity contribution is 7.09. The van der Waals surface area contributed by atoms with Gasteiger partial charge in [0.1, 0.15) is 11.6 Å². The van der Waals surface area contributed by atoms with Crippen LogP contribution in [0.3, 0.4) is 0 Å². The van der Waals surface area contributed by atoms with Crippen LogP contribution >= 0.6 is 11.3 Å². The van der Waals surface area contributed by atoms with Gasteiger partial charge in [0.15, 0.2) is 5.58 Å². The largest absolute Gasteiger partial charge is 0.436 e. The monoisotopic (exact) mass is 513 g/mol. The van der Waals surface area contributed by atoms with E-state index < -0.39 is 6.04 Å². The van der Waals surface area contributed by atoms with Crippen molar-refractivity contribution in [3.63, 3.8) is 0 Å². The third kappa shape index (κ3) is 4.57. The van der Waals surface area contributed by atoms with Crippen LogP contribution in [0, 0.1) is 5.92 Å². The topological polar surface area (TPSA) is 83.7 Å². The molecular formula is C29H27N3O4S. The average Bonchev–Trinajstić information content (AvgIpc) is 3.67. The molecular weight excluding hydrogens is 486 g/mol. The predicted octanol–water partition coefficient (Wildman–Crippen LogP) is 5.80. The van der Waals surface area contributed by atoms with E-state index in [-0.39, 0.29) is 30.1 Å². The number of imide groups is 1. The second-order valence-corrected chi connectivity index (χ2v) is 10.7. The van der Waals surface area contributed by atoms with Gasteiger partial charge in [-0.15, -0.1) is 11.3 Å². The van der Waals surface area contributed by atoms with Crippen molar-refractivity contribution in [3.8, 4) is 11.5 Å². The first-order valence-electron chi connectivity index (χ1n) is 12.7. The number of hydrogen-bond acceptors (Lipinski definition) is 6. The lowest BCUT2D eigenvalue weighted by molar-refractivity contribution is -0.143. The van der Waals surface area contributed by atoms with Crippen molar-refractivity contribution in [3.05, 3.63) is 70.9 Å². The van der Waals surface area contributed by atoms with Gasteiger partial charge in [-0.1, -0.05) is 37.5 Å². The number of amides is 3. The van der Waals surface area contributed by atoms with Crippen LogP contribution < -0.4 is 4.90 Å². The molecule has 1 atom stereocenters. The van der Waals surface area contributed by atoms with Crippen molar-refractivity contribution >= 4 is 45.8 Å². The molecule has 0 bridgehead atoms. The Labute approximate surface area is 218 Å². The van der Waals surface area contributed by atoms with E-state index in [1.165, 1.54) is 4.90 Å². The van der Waals surface area contributed by atoms with Gasteiger partial charge in [-0.3, -0.25) is 14.4 Å². The SMILES string of the molecule is O=C1CC(N(Cc2cccs2)C(=O)C2CCCCC2)C(=O)N1c1ccc(-c2nc3ccccc3o2)cc1. The quantitative estimate of drug-likeness (QED) is 0.305. The van der Waals surface area contributed by atoms with E-state index in [1.54, 1.807) is 40.5 Å². The Morgan fingerprint density at radius 3 is 2.51 bits per heavy atom. The minimum Gasteiger partial charge on any atom is -0.436 e. The number of carbonyl (C=O) groups is 3. The summed E-state index contributed by atoms with van der Waals surface area (Å²) in [6.45, 7) is 0.348. The van der Waals surface area contributed by atoms with E-state index in [2.05, 4.69) is 4.98 Å². The van der Waals surface area contributed by atoms with Crippen LogP contribution in [0.5, 0.6) is 0 Å². The molecule has 4 aromatic rings. The fourth-order valence-corrected chi connectivity index (χ4v) is 6.08. The standard InChI is InChI=1S/C29H27N3O4S/c33-26-17-24(31(18-22-9-6-16-37-22)28(34)20-7-2-1-3-8-20)29(35)32(26)21-14-12-19(13-15-21)27-30-23-10-4-5-11-25(23)36-27/h4-6,9-16,20,24H,1-3,7-8,17-18H2.